The Kier molecular flexibility index (Phi) is 19.4. The molecule has 11 aromatic heterocycles. The monoisotopic (exact) mass is 1360 g/mol. The highest BCUT2D eigenvalue weighted by molar-refractivity contribution is 7.91. The predicted octanol–water partition coefficient (Wildman–Crippen LogP) is 10.2. The average molecular weight is 1360 g/mol. The van der Waals surface area contributed by atoms with E-state index in [2.05, 4.69) is 78.4 Å². The lowest BCUT2D eigenvalue weighted by Gasteiger charge is -2.11. The van der Waals surface area contributed by atoms with Crippen LogP contribution in [0.15, 0.2) is 189 Å². The molecule has 4 N–H and O–H groups in total. The standard InChI is InChI=1S/C22H20N4O3S.C16H15N5O3S.C15H14N4O3S.C15H13N3O/c1-3-17-12-19-20(16-9-10-24-22(11-16)25-15(2)27)13-23-14-21(19)26(17)30(28,29)18-7-5-4-6-8-18;1-10(22)20-16-6-11(4-5-18-16)13-7-17-9-15-14(13)8-19-21(15)25(23,24)12-2-3-12;1-10(20)18-15-7-11(3-5-17-15)13-8-16-9-14-12(13)4-6-19(14)23(2,21)22;1-10(19)18-15-7-11(5-6-17-15)14-9-16-8-12-3-2-4-13(12)14/h4-14H,3H2,1-2H3,(H,24,25,27);4-9,12H,2-3H2,1H3,(H,18,20,22);3-9H,1-2H3,(H,17,18,20);2,4-9H,3H2,1H3,(H,17,18,19). The Morgan fingerprint density at radius 1 is 0.505 bits per heavy atom. The van der Waals surface area contributed by atoms with E-state index in [1.54, 1.807) is 122 Å². The number of aromatic nitrogens is 12. The number of hydrogen-bond acceptors (Lipinski definition) is 19. The van der Waals surface area contributed by atoms with Crippen molar-refractivity contribution in [2.75, 3.05) is 27.5 Å². The molecular weight excluding hydrogens is 1300 g/mol. The molecule has 2 aliphatic carbocycles. The van der Waals surface area contributed by atoms with Crippen molar-refractivity contribution in [3.05, 3.63) is 201 Å². The number of benzene rings is 1. The zero-order chi connectivity index (χ0) is 68.8. The third-order valence-corrected chi connectivity index (χ3v) is 20.1. The average Bonchev–Trinajstić information content (AvgIpc) is 1.63. The van der Waals surface area contributed by atoms with E-state index < -0.39 is 30.1 Å². The summed E-state index contributed by atoms with van der Waals surface area (Å²) in [6.07, 6.45) is 31.0. The second kappa shape index (κ2) is 28.2. The lowest BCUT2D eigenvalue weighted by Crippen LogP contribution is -2.18. The van der Waals surface area contributed by atoms with Crippen molar-refractivity contribution in [2.45, 2.75) is 70.4 Å². The van der Waals surface area contributed by atoms with Crippen LogP contribution in [0.5, 0.6) is 0 Å². The summed E-state index contributed by atoms with van der Waals surface area (Å²) in [7, 11) is -10.7. The molecule has 0 spiro atoms. The molecule has 0 bridgehead atoms. The molecule has 2 aliphatic rings. The van der Waals surface area contributed by atoms with Gasteiger partial charge in [0, 0.05) is 134 Å². The van der Waals surface area contributed by atoms with E-state index in [1.165, 1.54) is 71.6 Å². The van der Waals surface area contributed by atoms with E-state index in [9.17, 15) is 44.4 Å². The third-order valence-electron chi connectivity index (χ3n) is 15.2. The molecule has 1 aromatic carbocycles. The number of carbonyl (C=O) groups excluding carboxylic acids is 4. The molecule has 0 aliphatic heterocycles. The zero-order valence-electron chi connectivity index (χ0n) is 53.0. The SMILES string of the molecule is CC(=O)Nc1cc(-c2cncc3c2C=CC3)ccn1.CC(=O)Nc1cc(-c2cncc3c2ccn3S(C)(=O)=O)ccn1.CC(=O)Nc1cc(-c2cncc3c2cnn3S(=O)(=O)C2CC2)ccn1.CCc1cc2c(-c3ccnc(NC(C)=O)c3)cncc2n1S(=O)(=O)c1ccccc1. The molecule has 26 nitrogen and oxygen atoms in total. The quantitative estimate of drug-likeness (QED) is 0.0786. The number of nitrogens with one attached hydrogen (secondary N) is 4. The van der Waals surface area contributed by atoms with Crippen LogP contribution in [0.3, 0.4) is 0 Å². The molecule has 0 radical (unpaired) electrons. The second-order valence-corrected chi connectivity index (χ2v) is 28.0. The van der Waals surface area contributed by atoms with Gasteiger partial charge in [0.15, 0.2) is 0 Å². The Labute approximate surface area is 557 Å². The number of aryl methyl sites for hydroxylation is 1. The van der Waals surface area contributed by atoms with E-state index in [0.717, 1.165) is 72.0 Å². The molecule has 0 unspecified atom stereocenters. The fraction of sp³-hybridized carbons (Fsp3) is 0.162. The smallest absolute Gasteiger partial charge is 0.268 e. The van der Waals surface area contributed by atoms with Gasteiger partial charge in [-0.2, -0.15) is 9.19 Å². The highest BCUT2D eigenvalue weighted by Crippen LogP contribution is 2.37. The minimum atomic E-state index is -3.78. The topological polar surface area (TPSA) is 350 Å². The molecule has 12 aromatic rings. The van der Waals surface area contributed by atoms with E-state index >= 15 is 0 Å². The molecule has 4 amide bonds. The first-order valence-corrected chi connectivity index (χ1v) is 34.9. The summed E-state index contributed by atoms with van der Waals surface area (Å²) in [4.78, 5) is 78.4. The van der Waals surface area contributed by atoms with Crippen molar-refractivity contribution in [3.63, 3.8) is 0 Å². The summed E-state index contributed by atoms with van der Waals surface area (Å²) < 4.78 is 79.0. The number of rotatable bonds is 14. The number of amides is 4. The van der Waals surface area contributed by atoms with Gasteiger partial charge in [0.1, 0.15) is 28.8 Å². The minimum absolute atomic E-state index is 0.124. The Balaban J connectivity index is 0.000000133. The van der Waals surface area contributed by atoms with Crippen molar-refractivity contribution in [3.8, 4) is 44.5 Å². The highest BCUT2D eigenvalue weighted by atomic mass is 32.2. The van der Waals surface area contributed by atoms with Crippen molar-refractivity contribution < 1.29 is 44.4 Å². The van der Waals surface area contributed by atoms with Crippen LogP contribution in [0.1, 0.15) is 64.3 Å². The van der Waals surface area contributed by atoms with Crippen molar-refractivity contribution in [1.29, 1.82) is 0 Å². The molecule has 0 saturated heterocycles. The second-order valence-electron chi connectivity index (χ2n) is 22.3. The first kappa shape index (κ1) is 66.9. The van der Waals surface area contributed by atoms with Gasteiger partial charge >= 0.3 is 0 Å². The number of carbonyl (C=O) groups is 4. The van der Waals surface area contributed by atoms with Gasteiger partial charge in [-0.25, -0.2) is 53.1 Å². The molecule has 14 rings (SSSR count). The van der Waals surface area contributed by atoms with Gasteiger partial charge in [0.05, 0.1) is 52.2 Å². The fourth-order valence-electron chi connectivity index (χ4n) is 10.8. The van der Waals surface area contributed by atoms with Gasteiger partial charge in [-0.05, 0) is 132 Å². The maximum atomic E-state index is 13.4. The van der Waals surface area contributed by atoms with Crippen LogP contribution >= 0.6 is 0 Å². The molecule has 0 atom stereocenters. The van der Waals surface area contributed by atoms with E-state index in [-0.39, 0.29) is 33.8 Å². The molecule has 1 saturated carbocycles. The third kappa shape index (κ3) is 15.0. The van der Waals surface area contributed by atoms with E-state index in [1.807, 2.05) is 37.5 Å². The molecule has 1 fully saturated rings. The number of fused-ring (bicyclic) bond motifs is 4. The fourth-order valence-corrected chi connectivity index (χ4v) is 14.8. The Morgan fingerprint density at radius 3 is 1.44 bits per heavy atom. The van der Waals surface area contributed by atoms with Gasteiger partial charge in [0.25, 0.3) is 20.0 Å². The van der Waals surface area contributed by atoms with Crippen LogP contribution in [0.4, 0.5) is 23.3 Å². The number of pyridine rings is 8. The predicted molar refractivity (Wildman–Crippen MR) is 370 cm³/mol. The molecule has 492 valence electrons. The number of nitrogens with zero attached hydrogens (tertiary/aromatic N) is 12. The first-order valence-electron chi connectivity index (χ1n) is 30.1. The summed E-state index contributed by atoms with van der Waals surface area (Å²) in [6.45, 7) is 7.61. The minimum Gasteiger partial charge on any atom is -0.311 e. The molecule has 11 heterocycles. The van der Waals surface area contributed by atoms with Crippen molar-refractivity contribution in [2.24, 2.45) is 0 Å². The molecule has 29 heteroatoms. The van der Waals surface area contributed by atoms with Crippen LogP contribution in [0.2, 0.25) is 0 Å². The number of anilines is 4. The van der Waals surface area contributed by atoms with Crippen molar-refractivity contribution >= 4 is 116 Å². The van der Waals surface area contributed by atoms with Crippen LogP contribution in [-0.4, -0.2) is 117 Å². The van der Waals surface area contributed by atoms with Crippen LogP contribution in [-0.2, 0) is 62.1 Å². The molecular formula is C68H62N16O10S3. The Morgan fingerprint density at radius 2 is 0.959 bits per heavy atom. The Hall–Kier alpha value is -11.6. The lowest BCUT2D eigenvalue weighted by atomic mass is 10.0. The van der Waals surface area contributed by atoms with Gasteiger partial charge < -0.3 is 21.3 Å². The van der Waals surface area contributed by atoms with Gasteiger partial charge in [-0.1, -0.05) is 37.3 Å². The summed E-state index contributed by atoms with van der Waals surface area (Å²) in [5, 5.41) is 16.5. The van der Waals surface area contributed by atoms with E-state index in [4.69, 9.17) is 0 Å². The highest BCUT2D eigenvalue weighted by Gasteiger charge is 2.38. The van der Waals surface area contributed by atoms with Gasteiger partial charge in [0.2, 0.25) is 33.7 Å². The van der Waals surface area contributed by atoms with Gasteiger partial charge in [-0.15, -0.1) is 0 Å². The largest absolute Gasteiger partial charge is 0.311 e. The van der Waals surface area contributed by atoms with Crippen LogP contribution in [0, 0.1) is 0 Å². The molecule has 97 heavy (non-hydrogen) atoms. The summed E-state index contributed by atoms with van der Waals surface area (Å²) in [5.41, 5.74) is 11.2. The number of allylic oxidation sites excluding steroid dienone is 1. The summed E-state index contributed by atoms with van der Waals surface area (Å²) in [6, 6.07) is 26.3. The maximum Gasteiger partial charge on any atom is 0.268 e. The Bertz CT molecular complexity index is 5440. The van der Waals surface area contributed by atoms with Gasteiger partial charge in [-0.3, -0.25) is 39.1 Å². The zero-order valence-corrected chi connectivity index (χ0v) is 55.4. The normalized spacial score (nSPS) is 12.5. The van der Waals surface area contributed by atoms with Crippen LogP contribution in [0.25, 0.3) is 83.3 Å². The maximum absolute atomic E-state index is 13.4. The van der Waals surface area contributed by atoms with Crippen molar-refractivity contribution in [1.82, 2.24) is 57.0 Å². The summed E-state index contributed by atoms with van der Waals surface area (Å²) >= 11 is 0. The van der Waals surface area contributed by atoms with Crippen LogP contribution < -0.4 is 21.3 Å². The first-order chi connectivity index (χ1) is 46.5. The van der Waals surface area contributed by atoms with E-state index in [0.29, 0.717) is 70.2 Å². The lowest BCUT2D eigenvalue weighted by molar-refractivity contribution is -0.115. The number of hydrogen-bond donors (Lipinski definition) is 4. The summed E-state index contributed by atoms with van der Waals surface area (Å²) in [5.74, 6) is 1.05.